The van der Waals surface area contributed by atoms with Crippen molar-refractivity contribution in [3.63, 3.8) is 0 Å². The van der Waals surface area contributed by atoms with E-state index in [0.717, 1.165) is 0 Å². The molecule has 12 heavy (non-hydrogen) atoms. The summed E-state index contributed by atoms with van der Waals surface area (Å²) >= 11 is 0. The molecule has 0 heterocycles. The Balaban J connectivity index is 3.64. The number of hydrogen-bond donors (Lipinski definition) is 1. The van der Waals surface area contributed by atoms with E-state index in [0.29, 0.717) is 0 Å². The number of methoxy groups -OCH3 is 1. The molecule has 0 aromatic carbocycles. The van der Waals surface area contributed by atoms with Crippen LogP contribution < -0.4 is 0 Å². The van der Waals surface area contributed by atoms with Crippen molar-refractivity contribution in [2.24, 2.45) is 0 Å². The van der Waals surface area contributed by atoms with E-state index < -0.39 is 24.8 Å². The molecule has 2 atom stereocenters. The zero-order valence-corrected chi connectivity index (χ0v) is 7.06. The van der Waals surface area contributed by atoms with Crippen LogP contribution in [0.15, 0.2) is 0 Å². The van der Waals surface area contributed by atoms with Crippen molar-refractivity contribution in [1.29, 1.82) is 0 Å². The van der Waals surface area contributed by atoms with E-state index in [9.17, 15) is 13.2 Å². The van der Waals surface area contributed by atoms with E-state index in [1.165, 1.54) is 14.0 Å². The van der Waals surface area contributed by atoms with Crippen molar-refractivity contribution < 1.29 is 23.0 Å². The molecular weight excluding hydrogens is 173 g/mol. The Morgan fingerprint density at radius 2 is 1.92 bits per heavy atom. The van der Waals surface area contributed by atoms with E-state index in [2.05, 4.69) is 4.74 Å². The second kappa shape index (κ2) is 4.67. The molecule has 0 aliphatic heterocycles. The zero-order valence-electron chi connectivity index (χ0n) is 7.06. The van der Waals surface area contributed by atoms with Gasteiger partial charge in [0.2, 0.25) is 0 Å². The van der Waals surface area contributed by atoms with Gasteiger partial charge in [-0.1, -0.05) is 0 Å². The highest BCUT2D eigenvalue weighted by atomic mass is 19.4. The molecule has 0 saturated carbocycles. The van der Waals surface area contributed by atoms with Gasteiger partial charge in [-0.05, 0) is 13.3 Å². The van der Waals surface area contributed by atoms with Gasteiger partial charge in [0.05, 0.1) is 12.2 Å². The third-order valence-corrected chi connectivity index (χ3v) is 1.64. The summed E-state index contributed by atoms with van der Waals surface area (Å²) in [5.74, 6) is 0. The van der Waals surface area contributed by atoms with Crippen LogP contribution in [0.5, 0.6) is 0 Å². The highest BCUT2D eigenvalue weighted by molar-refractivity contribution is 4.65. The summed E-state index contributed by atoms with van der Waals surface area (Å²) in [4.78, 5) is 0. The van der Waals surface area contributed by atoms with Crippen LogP contribution in [0.1, 0.15) is 19.8 Å². The number of hydrogen-bond acceptors (Lipinski definition) is 2. The third-order valence-electron chi connectivity index (χ3n) is 1.64. The van der Waals surface area contributed by atoms with Gasteiger partial charge in [0.1, 0.15) is 0 Å². The Bertz CT molecular complexity index is 124. The van der Waals surface area contributed by atoms with Gasteiger partial charge in [0.15, 0.2) is 0 Å². The van der Waals surface area contributed by atoms with Crippen molar-refractivity contribution in [3.8, 4) is 0 Å². The van der Waals surface area contributed by atoms with Crippen molar-refractivity contribution in [2.45, 2.75) is 38.1 Å². The summed E-state index contributed by atoms with van der Waals surface area (Å²) in [6.07, 6.45) is -7.07. The molecule has 2 nitrogen and oxygen atoms in total. The quantitative estimate of drug-likeness (QED) is 0.724. The van der Waals surface area contributed by atoms with E-state index in [-0.39, 0.29) is 6.42 Å². The Hall–Kier alpha value is -0.290. The number of alkyl halides is 3. The molecule has 0 fully saturated rings. The van der Waals surface area contributed by atoms with Crippen LogP contribution in [0.3, 0.4) is 0 Å². The van der Waals surface area contributed by atoms with Crippen LogP contribution >= 0.6 is 0 Å². The minimum Gasteiger partial charge on any atom is -0.390 e. The molecular formula is C7H13F3O2. The lowest BCUT2D eigenvalue weighted by molar-refractivity contribution is -0.143. The van der Waals surface area contributed by atoms with Crippen molar-refractivity contribution in [3.05, 3.63) is 0 Å². The van der Waals surface area contributed by atoms with Gasteiger partial charge < -0.3 is 9.84 Å². The molecule has 0 aromatic rings. The predicted molar refractivity (Wildman–Crippen MR) is 37.8 cm³/mol. The minimum absolute atomic E-state index is 0.307. The highest BCUT2D eigenvalue weighted by Gasteiger charge is 2.29. The first kappa shape index (κ1) is 11.7. The van der Waals surface area contributed by atoms with Crippen LogP contribution in [0, 0.1) is 0 Å². The molecule has 74 valence electrons. The van der Waals surface area contributed by atoms with E-state index in [4.69, 9.17) is 5.11 Å². The average Bonchev–Trinajstić information content (AvgIpc) is 1.97. The van der Waals surface area contributed by atoms with Crippen LogP contribution in [0.2, 0.25) is 0 Å². The first-order chi connectivity index (χ1) is 5.37. The molecule has 0 aromatic heterocycles. The largest absolute Gasteiger partial charge is 0.390 e. The SMILES string of the molecule is COC(C)C(O)CCC(F)(F)F. The number of rotatable bonds is 4. The summed E-state index contributed by atoms with van der Waals surface area (Å²) in [6, 6.07) is 0. The molecule has 0 rings (SSSR count). The number of aliphatic hydroxyl groups excluding tert-OH is 1. The molecule has 0 aliphatic carbocycles. The third kappa shape index (κ3) is 5.37. The van der Waals surface area contributed by atoms with Crippen molar-refractivity contribution in [2.75, 3.05) is 7.11 Å². The Labute approximate surface area is 69.3 Å². The predicted octanol–water partition coefficient (Wildman–Crippen LogP) is 1.72. The fraction of sp³-hybridized carbons (Fsp3) is 1.00. The van der Waals surface area contributed by atoms with Crippen LogP contribution in [0.25, 0.3) is 0 Å². The summed E-state index contributed by atoms with van der Waals surface area (Å²) in [7, 11) is 1.35. The lowest BCUT2D eigenvalue weighted by atomic mass is 10.1. The maximum absolute atomic E-state index is 11.6. The summed E-state index contributed by atoms with van der Waals surface area (Å²) in [6.45, 7) is 1.53. The second-order valence-electron chi connectivity index (χ2n) is 2.66. The number of ether oxygens (including phenoxy) is 1. The van der Waals surface area contributed by atoms with Gasteiger partial charge in [-0.3, -0.25) is 0 Å². The topological polar surface area (TPSA) is 29.5 Å². The molecule has 0 spiro atoms. The van der Waals surface area contributed by atoms with E-state index in [1.54, 1.807) is 0 Å². The smallest absolute Gasteiger partial charge is 0.389 e. The second-order valence-corrected chi connectivity index (χ2v) is 2.66. The fourth-order valence-corrected chi connectivity index (χ4v) is 0.703. The first-order valence-electron chi connectivity index (χ1n) is 3.64. The Morgan fingerprint density at radius 1 is 1.42 bits per heavy atom. The number of aliphatic hydroxyl groups is 1. The Kier molecular flexibility index (Phi) is 4.55. The molecule has 0 saturated heterocycles. The minimum atomic E-state index is -4.20. The van der Waals surface area contributed by atoms with Crippen molar-refractivity contribution >= 4 is 0 Å². The molecule has 5 heteroatoms. The highest BCUT2D eigenvalue weighted by Crippen LogP contribution is 2.23. The lowest BCUT2D eigenvalue weighted by Crippen LogP contribution is -2.26. The summed E-state index contributed by atoms with van der Waals surface area (Å²) in [5.41, 5.74) is 0. The monoisotopic (exact) mass is 186 g/mol. The lowest BCUT2D eigenvalue weighted by Gasteiger charge is -2.17. The molecule has 0 aliphatic rings. The normalized spacial score (nSPS) is 17.5. The first-order valence-corrected chi connectivity index (χ1v) is 3.64. The maximum atomic E-state index is 11.6. The standard InChI is InChI=1S/C7H13F3O2/c1-5(12-2)6(11)3-4-7(8,9)10/h5-6,11H,3-4H2,1-2H3. The van der Waals surface area contributed by atoms with Gasteiger partial charge >= 0.3 is 6.18 Å². The molecule has 1 N–H and O–H groups in total. The summed E-state index contributed by atoms with van der Waals surface area (Å²) < 4.78 is 39.6. The van der Waals surface area contributed by atoms with Crippen LogP contribution in [0.4, 0.5) is 13.2 Å². The van der Waals surface area contributed by atoms with Crippen LogP contribution in [-0.4, -0.2) is 30.6 Å². The summed E-state index contributed by atoms with van der Waals surface area (Å²) in [5, 5.41) is 9.06. The number of halogens is 3. The molecule has 0 radical (unpaired) electrons. The van der Waals surface area contributed by atoms with Crippen molar-refractivity contribution in [1.82, 2.24) is 0 Å². The zero-order chi connectivity index (χ0) is 9.78. The Morgan fingerprint density at radius 3 is 2.25 bits per heavy atom. The van der Waals surface area contributed by atoms with Gasteiger partial charge in [0.25, 0.3) is 0 Å². The molecule has 2 unspecified atom stereocenters. The van der Waals surface area contributed by atoms with Gasteiger partial charge in [-0.2, -0.15) is 13.2 Å². The van der Waals surface area contributed by atoms with Gasteiger partial charge in [-0.15, -0.1) is 0 Å². The maximum Gasteiger partial charge on any atom is 0.389 e. The van der Waals surface area contributed by atoms with Gasteiger partial charge in [-0.25, -0.2) is 0 Å². The van der Waals surface area contributed by atoms with E-state index in [1.807, 2.05) is 0 Å². The van der Waals surface area contributed by atoms with Gasteiger partial charge in [0, 0.05) is 13.5 Å². The van der Waals surface area contributed by atoms with Crippen LogP contribution in [-0.2, 0) is 4.74 Å². The average molecular weight is 186 g/mol. The van der Waals surface area contributed by atoms with E-state index >= 15 is 0 Å². The molecule has 0 amide bonds. The molecule has 0 bridgehead atoms. The fourth-order valence-electron chi connectivity index (χ4n) is 0.703.